The van der Waals surface area contributed by atoms with Crippen molar-refractivity contribution >= 4 is 40.2 Å². The van der Waals surface area contributed by atoms with E-state index in [2.05, 4.69) is 5.32 Å². The van der Waals surface area contributed by atoms with Gasteiger partial charge in [-0.15, -0.1) is 11.3 Å². The summed E-state index contributed by atoms with van der Waals surface area (Å²) in [4.78, 5) is 1.21. The molecule has 0 amide bonds. The molecule has 0 radical (unpaired) electrons. The molecule has 1 heterocycles. The Morgan fingerprint density at radius 2 is 2.00 bits per heavy atom. The quantitative estimate of drug-likeness (QED) is 0.843. The van der Waals surface area contributed by atoms with Crippen LogP contribution < -0.4 is 5.32 Å². The Kier molecular flexibility index (Phi) is 3.52. The van der Waals surface area contributed by atoms with Crippen LogP contribution in [0.15, 0.2) is 36.4 Å². The Labute approximate surface area is 103 Å². The van der Waals surface area contributed by atoms with Crippen molar-refractivity contribution in [3.8, 4) is 0 Å². The molecule has 0 spiro atoms. The Balaban J connectivity index is 1.99. The molecule has 15 heavy (non-hydrogen) atoms. The van der Waals surface area contributed by atoms with Crippen molar-refractivity contribution in [1.82, 2.24) is 0 Å². The van der Waals surface area contributed by atoms with Crippen LogP contribution in [0.2, 0.25) is 9.36 Å². The summed E-state index contributed by atoms with van der Waals surface area (Å²) in [6, 6.07) is 11.6. The summed E-state index contributed by atoms with van der Waals surface area (Å²) in [5.74, 6) is 0. The number of nitrogens with one attached hydrogen (secondary N) is 1. The van der Waals surface area contributed by atoms with Crippen LogP contribution in [0.5, 0.6) is 0 Å². The molecule has 0 aliphatic heterocycles. The largest absolute Gasteiger partial charge is 0.380 e. The van der Waals surface area contributed by atoms with Gasteiger partial charge in [-0.2, -0.15) is 0 Å². The third-order valence-corrected chi connectivity index (χ3v) is 3.39. The maximum absolute atomic E-state index is 5.87. The first kappa shape index (κ1) is 10.8. The van der Waals surface area contributed by atoms with Crippen LogP contribution in [-0.2, 0) is 6.54 Å². The van der Waals surface area contributed by atoms with Gasteiger partial charge >= 0.3 is 0 Å². The Bertz CT molecular complexity index is 453. The molecule has 1 aromatic heterocycles. The standard InChI is InChI=1S/C11H9Cl2NS/c12-8-2-1-3-9(6-8)14-7-10-4-5-11(13)15-10/h1-6,14H,7H2. The van der Waals surface area contributed by atoms with Crippen LogP contribution in [0.4, 0.5) is 5.69 Å². The average molecular weight is 258 g/mol. The molecule has 0 aliphatic rings. The summed E-state index contributed by atoms with van der Waals surface area (Å²) >= 11 is 13.3. The predicted molar refractivity (Wildman–Crippen MR) is 68.1 cm³/mol. The second kappa shape index (κ2) is 4.88. The highest BCUT2D eigenvalue weighted by Gasteiger charge is 1.98. The first-order chi connectivity index (χ1) is 7.24. The molecule has 0 aliphatic carbocycles. The van der Waals surface area contributed by atoms with Gasteiger partial charge < -0.3 is 5.32 Å². The molecule has 0 saturated heterocycles. The monoisotopic (exact) mass is 257 g/mol. The summed E-state index contributed by atoms with van der Waals surface area (Å²) in [6.45, 7) is 0.776. The lowest BCUT2D eigenvalue weighted by Crippen LogP contribution is -1.96. The summed E-state index contributed by atoms with van der Waals surface area (Å²) in [7, 11) is 0. The van der Waals surface area contributed by atoms with Crippen LogP contribution in [0.3, 0.4) is 0 Å². The number of rotatable bonds is 3. The fourth-order valence-electron chi connectivity index (χ4n) is 1.23. The summed E-state index contributed by atoms with van der Waals surface area (Å²) in [5.41, 5.74) is 1.02. The van der Waals surface area contributed by atoms with E-state index in [0.717, 1.165) is 21.6 Å². The third kappa shape index (κ3) is 3.13. The van der Waals surface area contributed by atoms with E-state index in [4.69, 9.17) is 23.2 Å². The van der Waals surface area contributed by atoms with Crippen molar-refractivity contribution < 1.29 is 0 Å². The van der Waals surface area contributed by atoms with Crippen molar-refractivity contribution in [3.63, 3.8) is 0 Å². The zero-order valence-electron chi connectivity index (χ0n) is 7.84. The molecule has 0 atom stereocenters. The first-order valence-corrected chi connectivity index (χ1v) is 6.05. The van der Waals surface area contributed by atoms with Crippen LogP contribution in [0, 0.1) is 0 Å². The molecule has 2 rings (SSSR count). The van der Waals surface area contributed by atoms with Crippen molar-refractivity contribution in [1.29, 1.82) is 0 Å². The van der Waals surface area contributed by atoms with E-state index in [-0.39, 0.29) is 0 Å². The summed E-state index contributed by atoms with van der Waals surface area (Å²) in [6.07, 6.45) is 0. The van der Waals surface area contributed by atoms with Gasteiger partial charge in [-0.3, -0.25) is 0 Å². The van der Waals surface area contributed by atoms with Crippen LogP contribution in [-0.4, -0.2) is 0 Å². The number of anilines is 1. The minimum absolute atomic E-state index is 0.740. The third-order valence-electron chi connectivity index (χ3n) is 1.92. The van der Waals surface area contributed by atoms with Gasteiger partial charge in [-0.05, 0) is 30.3 Å². The highest BCUT2D eigenvalue weighted by molar-refractivity contribution is 7.16. The van der Waals surface area contributed by atoms with Crippen LogP contribution in [0.25, 0.3) is 0 Å². The molecule has 1 nitrogen and oxygen atoms in total. The maximum Gasteiger partial charge on any atom is 0.0931 e. The molecule has 4 heteroatoms. The minimum Gasteiger partial charge on any atom is -0.380 e. The lowest BCUT2D eigenvalue weighted by molar-refractivity contribution is 1.19. The van der Waals surface area contributed by atoms with Crippen LogP contribution >= 0.6 is 34.5 Å². The Morgan fingerprint density at radius 3 is 2.67 bits per heavy atom. The molecule has 0 fully saturated rings. The lowest BCUT2D eigenvalue weighted by Gasteiger charge is -2.04. The van der Waals surface area contributed by atoms with E-state index >= 15 is 0 Å². The molecule has 1 N–H and O–H groups in total. The van der Waals surface area contributed by atoms with E-state index in [9.17, 15) is 0 Å². The Hall–Kier alpha value is -0.700. The molecular formula is C11H9Cl2NS. The second-order valence-electron chi connectivity index (χ2n) is 3.07. The molecule has 0 unspecified atom stereocenters. The molecular weight excluding hydrogens is 249 g/mol. The van der Waals surface area contributed by atoms with Crippen molar-refractivity contribution in [2.24, 2.45) is 0 Å². The lowest BCUT2D eigenvalue weighted by atomic mass is 10.3. The second-order valence-corrected chi connectivity index (χ2v) is 5.31. The highest BCUT2D eigenvalue weighted by atomic mass is 35.5. The van der Waals surface area contributed by atoms with Gasteiger partial charge in [0.25, 0.3) is 0 Å². The molecule has 0 bridgehead atoms. The van der Waals surface area contributed by atoms with Gasteiger partial charge in [-0.25, -0.2) is 0 Å². The molecule has 2 aromatic rings. The van der Waals surface area contributed by atoms with E-state index in [0.29, 0.717) is 0 Å². The maximum atomic E-state index is 5.87. The van der Waals surface area contributed by atoms with E-state index in [1.807, 2.05) is 36.4 Å². The smallest absolute Gasteiger partial charge is 0.0931 e. The average Bonchev–Trinajstić information content (AvgIpc) is 2.62. The fourth-order valence-corrected chi connectivity index (χ4v) is 2.45. The summed E-state index contributed by atoms with van der Waals surface area (Å²) in [5, 5.41) is 4.02. The van der Waals surface area contributed by atoms with Crippen molar-refractivity contribution in [3.05, 3.63) is 50.6 Å². The summed E-state index contributed by atoms with van der Waals surface area (Å²) < 4.78 is 0.817. The van der Waals surface area contributed by atoms with Gasteiger partial charge in [0.15, 0.2) is 0 Å². The van der Waals surface area contributed by atoms with E-state index in [1.165, 1.54) is 4.88 Å². The first-order valence-electron chi connectivity index (χ1n) is 4.48. The van der Waals surface area contributed by atoms with E-state index < -0.39 is 0 Å². The fraction of sp³-hybridized carbons (Fsp3) is 0.0909. The van der Waals surface area contributed by atoms with Gasteiger partial charge in [0.1, 0.15) is 0 Å². The van der Waals surface area contributed by atoms with Gasteiger partial charge in [0.2, 0.25) is 0 Å². The molecule has 78 valence electrons. The normalized spacial score (nSPS) is 10.3. The van der Waals surface area contributed by atoms with Crippen molar-refractivity contribution in [2.75, 3.05) is 5.32 Å². The molecule has 1 aromatic carbocycles. The van der Waals surface area contributed by atoms with Crippen molar-refractivity contribution in [2.45, 2.75) is 6.54 Å². The number of benzene rings is 1. The number of hydrogen-bond acceptors (Lipinski definition) is 2. The SMILES string of the molecule is Clc1cccc(NCc2ccc(Cl)s2)c1. The number of thiophene rings is 1. The van der Waals surface area contributed by atoms with Gasteiger partial charge in [0, 0.05) is 22.1 Å². The highest BCUT2D eigenvalue weighted by Crippen LogP contribution is 2.22. The topological polar surface area (TPSA) is 12.0 Å². The van der Waals surface area contributed by atoms with Gasteiger partial charge in [0.05, 0.1) is 4.34 Å². The van der Waals surface area contributed by atoms with Crippen LogP contribution in [0.1, 0.15) is 4.88 Å². The zero-order valence-corrected chi connectivity index (χ0v) is 10.2. The minimum atomic E-state index is 0.740. The number of halogens is 2. The predicted octanol–water partition coefficient (Wildman–Crippen LogP) is 4.67. The number of hydrogen-bond donors (Lipinski definition) is 1. The Morgan fingerprint density at radius 1 is 1.13 bits per heavy atom. The van der Waals surface area contributed by atoms with E-state index in [1.54, 1.807) is 11.3 Å². The van der Waals surface area contributed by atoms with Gasteiger partial charge in [-0.1, -0.05) is 29.3 Å². The zero-order chi connectivity index (χ0) is 10.7. The molecule has 0 saturated carbocycles.